The standard InChI is InChI=1S/C14H21NO3S/c1-3-11(2)12-4-6-13(7-5-12)15-14(17)10-19(18)9-8-16/h4-7,11,16H,3,8-10H2,1-2H3,(H,15,17). The van der Waals surface area contributed by atoms with Crippen LogP contribution in [0, 0.1) is 0 Å². The molecule has 2 N–H and O–H groups in total. The molecule has 0 radical (unpaired) electrons. The maximum absolute atomic E-state index is 11.6. The molecular weight excluding hydrogens is 262 g/mol. The van der Waals surface area contributed by atoms with Crippen LogP contribution in [0.5, 0.6) is 0 Å². The van der Waals surface area contributed by atoms with Gasteiger partial charge in [-0.05, 0) is 30.0 Å². The van der Waals surface area contributed by atoms with Gasteiger partial charge in [-0.2, -0.15) is 0 Å². The summed E-state index contributed by atoms with van der Waals surface area (Å²) in [7, 11) is -1.30. The third-order valence-corrected chi connectivity index (χ3v) is 4.21. The highest BCUT2D eigenvalue weighted by molar-refractivity contribution is 7.85. The molecule has 0 aromatic heterocycles. The summed E-state index contributed by atoms with van der Waals surface area (Å²) in [5.41, 5.74) is 1.95. The average Bonchev–Trinajstić information content (AvgIpc) is 2.38. The predicted octanol–water partition coefficient (Wildman–Crippen LogP) is 1.88. The number of aliphatic hydroxyl groups excluding tert-OH is 1. The van der Waals surface area contributed by atoms with E-state index in [-0.39, 0.29) is 24.0 Å². The van der Waals surface area contributed by atoms with Crippen molar-refractivity contribution in [3.63, 3.8) is 0 Å². The van der Waals surface area contributed by atoms with Gasteiger partial charge in [0, 0.05) is 22.2 Å². The third-order valence-electron chi connectivity index (χ3n) is 2.99. The van der Waals surface area contributed by atoms with E-state index >= 15 is 0 Å². The van der Waals surface area contributed by atoms with Crippen molar-refractivity contribution in [2.75, 3.05) is 23.4 Å². The molecule has 0 saturated heterocycles. The second-order valence-electron chi connectivity index (χ2n) is 4.49. The first kappa shape index (κ1) is 15.9. The molecule has 0 aliphatic rings. The Morgan fingerprint density at radius 2 is 2.00 bits per heavy atom. The van der Waals surface area contributed by atoms with Crippen LogP contribution in [0.25, 0.3) is 0 Å². The van der Waals surface area contributed by atoms with Crippen LogP contribution in [0.1, 0.15) is 31.7 Å². The topological polar surface area (TPSA) is 66.4 Å². The Morgan fingerprint density at radius 3 is 2.53 bits per heavy atom. The number of hydrogen-bond acceptors (Lipinski definition) is 3. The highest BCUT2D eigenvalue weighted by Crippen LogP contribution is 2.20. The number of hydrogen-bond donors (Lipinski definition) is 2. The van der Waals surface area contributed by atoms with Crippen LogP contribution in [0.2, 0.25) is 0 Å². The minimum Gasteiger partial charge on any atom is -0.395 e. The Labute approximate surface area is 116 Å². The van der Waals surface area contributed by atoms with E-state index in [1.165, 1.54) is 5.56 Å². The molecule has 1 aromatic carbocycles. The minimum absolute atomic E-state index is 0.0757. The summed E-state index contributed by atoms with van der Waals surface area (Å²) in [4.78, 5) is 11.6. The van der Waals surface area contributed by atoms with Crippen LogP contribution >= 0.6 is 0 Å². The Morgan fingerprint density at radius 1 is 1.37 bits per heavy atom. The van der Waals surface area contributed by atoms with E-state index in [1.807, 2.05) is 24.3 Å². The van der Waals surface area contributed by atoms with E-state index in [0.29, 0.717) is 11.6 Å². The smallest absolute Gasteiger partial charge is 0.236 e. The first-order chi connectivity index (χ1) is 9.06. The third kappa shape index (κ3) is 5.53. The quantitative estimate of drug-likeness (QED) is 0.803. The van der Waals surface area contributed by atoms with E-state index in [1.54, 1.807) is 0 Å². The molecule has 0 aliphatic heterocycles. The van der Waals surface area contributed by atoms with Crippen LogP contribution < -0.4 is 5.32 Å². The molecule has 5 heteroatoms. The summed E-state index contributed by atoms with van der Waals surface area (Å²) >= 11 is 0. The number of anilines is 1. The Hall–Kier alpha value is -1.20. The van der Waals surface area contributed by atoms with E-state index in [9.17, 15) is 9.00 Å². The number of amides is 1. The van der Waals surface area contributed by atoms with Crippen LogP contribution in [0.15, 0.2) is 24.3 Å². The van der Waals surface area contributed by atoms with Crippen molar-refractivity contribution < 1.29 is 14.1 Å². The van der Waals surface area contributed by atoms with E-state index in [0.717, 1.165) is 6.42 Å². The molecule has 0 bridgehead atoms. The molecule has 1 amide bonds. The highest BCUT2D eigenvalue weighted by Gasteiger charge is 2.08. The van der Waals surface area contributed by atoms with Gasteiger partial charge in [0.2, 0.25) is 5.91 Å². The fraction of sp³-hybridized carbons (Fsp3) is 0.500. The minimum atomic E-state index is -1.30. The van der Waals surface area contributed by atoms with Crippen LogP contribution in [-0.4, -0.2) is 33.3 Å². The number of carbonyl (C=O) groups excluding carboxylic acids is 1. The van der Waals surface area contributed by atoms with Crippen LogP contribution in [0.4, 0.5) is 5.69 Å². The van der Waals surface area contributed by atoms with E-state index in [4.69, 9.17) is 5.11 Å². The molecule has 0 spiro atoms. The molecule has 0 heterocycles. The molecule has 0 saturated carbocycles. The van der Waals surface area contributed by atoms with Crippen molar-refractivity contribution in [2.45, 2.75) is 26.2 Å². The Balaban J connectivity index is 2.53. The van der Waals surface area contributed by atoms with Gasteiger partial charge in [-0.3, -0.25) is 9.00 Å². The summed E-state index contributed by atoms with van der Waals surface area (Å²) in [6.07, 6.45) is 1.08. The van der Waals surface area contributed by atoms with E-state index in [2.05, 4.69) is 19.2 Å². The molecule has 106 valence electrons. The molecular formula is C14H21NO3S. The Bertz CT molecular complexity index is 431. The van der Waals surface area contributed by atoms with Gasteiger partial charge in [0.15, 0.2) is 0 Å². The number of rotatable bonds is 7. The molecule has 19 heavy (non-hydrogen) atoms. The van der Waals surface area contributed by atoms with E-state index < -0.39 is 10.8 Å². The van der Waals surface area contributed by atoms with Gasteiger partial charge < -0.3 is 10.4 Å². The van der Waals surface area contributed by atoms with Crippen LogP contribution in [-0.2, 0) is 15.6 Å². The first-order valence-electron chi connectivity index (χ1n) is 6.42. The van der Waals surface area contributed by atoms with Gasteiger partial charge in [0.05, 0.1) is 6.61 Å². The fourth-order valence-corrected chi connectivity index (χ4v) is 2.36. The molecule has 2 unspecified atom stereocenters. The number of aliphatic hydroxyl groups is 1. The number of nitrogens with one attached hydrogen (secondary N) is 1. The molecule has 4 nitrogen and oxygen atoms in total. The summed E-state index contributed by atoms with van der Waals surface area (Å²) in [6, 6.07) is 7.70. The second kappa shape index (κ2) is 8.07. The molecule has 2 atom stereocenters. The van der Waals surface area contributed by atoms with Crippen molar-refractivity contribution in [1.29, 1.82) is 0 Å². The van der Waals surface area contributed by atoms with Gasteiger partial charge in [-0.1, -0.05) is 26.0 Å². The lowest BCUT2D eigenvalue weighted by Gasteiger charge is -2.10. The van der Waals surface area contributed by atoms with Crippen molar-refractivity contribution in [3.05, 3.63) is 29.8 Å². The van der Waals surface area contributed by atoms with Gasteiger partial charge in [0.1, 0.15) is 5.75 Å². The zero-order chi connectivity index (χ0) is 14.3. The number of benzene rings is 1. The van der Waals surface area contributed by atoms with Gasteiger partial charge in [0.25, 0.3) is 0 Å². The van der Waals surface area contributed by atoms with Gasteiger partial charge in [-0.15, -0.1) is 0 Å². The van der Waals surface area contributed by atoms with Crippen molar-refractivity contribution in [2.24, 2.45) is 0 Å². The maximum Gasteiger partial charge on any atom is 0.236 e. The fourth-order valence-electron chi connectivity index (χ4n) is 1.65. The lowest BCUT2D eigenvalue weighted by Crippen LogP contribution is -2.21. The molecule has 1 aromatic rings. The zero-order valence-corrected chi connectivity index (χ0v) is 12.2. The first-order valence-corrected chi connectivity index (χ1v) is 7.91. The molecule has 0 fully saturated rings. The van der Waals surface area contributed by atoms with Crippen molar-refractivity contribution in [1.82, 2.24) is 0 Å². The average molecular weight is 283 g/mol. The number of carbonyl (C=O) groups is 1. The monoisotopic (exact) mass is 283 g/mol. The van der Waals surface area contributed by atoms with Crippen molar-refractivity contribution in [3.8, 4) is 0 Å². The lowest BCUT2D eigenvalue weighted by molar-refractivity contribution is -0.113. The van der Waals surface area contributed by atoms with Gasteiger partial charge in [-0.25, -0.2) is 0 Å². The SMILES string of the molecule is CCC(C)c1ccc(NC(=O)CS(=O)CCO)cc1. The van der Waals surface area contributed by atoms with Crippen LogP contribution in [0.3, 0.4) is 0 Å². The largest absolute Gasteiger partial charge is 0.395 e. The normalized spacial score (nSPS) is 13.8. The summed E-state index contributed by atoms with van der Waals surface area (Å²) in [5.74, 6) is 0.276. The second-order valence-corrected chi connectivity index (χ2v) is 6.07. The van der Waals surface area contributed by atoms with Gasteiger partial charge >= 0.3 is 0 Å². The predicted molar refractivity (Wildman–Crippen MR) is 78.7 cm³/mol. The molecule has 0 aliphatic carbocycles. The van der Waals surface area contributed by atoms with Crippen molar-refractivity contribution >= 4 is 22.4 Å². The lowest BCUT2D eigenvalue weighted by atomic mass is 9.99. The summed E-state index contributed by atoms with van der Waals surface area (Å²) < 4.78 is 11.3. The maximum atomic E-state index is 11.6. The Kier molecular flexibility index (Phi) is 6.73. The summed E-state index contributed by atoms with van der Waals surface area (Å²) in [6.45, 7) is 4.13. The highest BCUT2D eigenvalue weighted by atomic mass is 32.2. The summed E-state index contributed by atoms with van der Waals surface area (Å²) in [5, 5.41) is 11.3. The molecule has 1 rings (SSSR count). The zero-order valence-electron chi connectivity index (χ0n) is 11.4.